The molecule has 0 fully saturated rings. The maximum atomic E-state index is 6.66. The summed E-state index contributed by atoms with van der Waals surface area (Å²) in [6.45, 7) is 4.80. The van der Waals surface area contributed by atoms with E-state index in [-0.39, 0.29) is 11.5 Å². The zero-order valence-electron chi connectivity index (χ0n) is 25.3. The Morgan fingerprint density at radius 2 is 1.70 bits per heavy atom. The van der Waals surface area contributed by atoms with Crippen LogP contribution in [0.5, 0.6) is 0 Å². The topological polar surface area (TPSA) is 29.5 Å². The normalized spacial score (nSPS) is 20.9. The standard InChI is InChI=1S/C41H35NO2/c1-3-41(2)33-20-9-10-21-34(33)42(40(41)26-14-5-4-6-15-26)28-17-13-16-27(24-28)31-25-32-29-18-7-11-22-35(29)43-39(32)37-30-19-8-12-23-36(30)44-38(31)37/h4-5,7-10,12-14,16-21,23-25,40H,3,6,11,15,22H2,1-2H3/t40?,41-/m1/s1. The van der Waals surface area contributed by atoms with E-state index in [9.17, 15) is 0 Å². The van der Waals surface area contributed by atoms with Crippen LogP contribution in [-0.4, -0.2) is 6.04 Å². The Bertz CT molecular complexity index is 2200. The summed E-state index contributed by atoms with van der Waals surface area (Å²) < 4.78 is 13.2. The number of hydrogen-bond acceptors (Lipinski definition) is 3. The Kier molecular flexibility index (Phi) is 5.62. The summed E-state index contributed by atoms with van der Waals surface area (Å²) in [6.07, 6.45) is 16.6. The first-order valence-electron chi connectivity index (χ1n) is 16.1. The molecular formula is C41H35NO2. The van der Waals surface area contributed by atoms with Crippen molar-refractivity contribution in [2.45, 2.75) is 57.4 Å². The quantitative estimate of drug-likeness (QED) is 0.210. The number of furan rings is 2. The number of para-hydroxylation sites is 2. The lowest BCUT2D eigenvalue weighted by Gasteiger charge is -2.39. The second-order valence-electron chi connectivity index (χ2n) is 12.8. The smallest absolute Gasteiger partial charge is 0.147 e. The second kappa shape index (κ2) is 9.62. The van der Waals surface area contributed by atoms with Gasteiger partial charge in [-0.15, -0.1) is 0 Å². The molecule has 3 heterocycles. The van der Waals surface area contributed by atoms with Gasteiger partial charge in [-0.25, -0.2) is 0 Å². The Morgan fingerprint density at radius 3 is 2.59 bits per heavy atom. The molecule has 44 heavy (non-hydrogen) atoms. The van der Waals surface area contributed by atoms with Crippen molar-refractivity contribution in [3.8, 4) is 11.1 Å². The molecule has 4 aromatic carbocycles. The van der Waals surface area contributed by atoms with Crippen LogP contribution in [-0.2, 0) is 11.8 Å². The van der Waals surface area contributed by atoms with E-state index in [0.717, 1.165) is 81.9 Å². The minimum Gasteiger partial charge on any atom is -0.460 e. The van der Waals surface area contributed by atoms with Gasteiger partial charge in [0.1, 0.15) is 22.5 Å². The molecule has 9 rings (SSSR count). The van der Waals surface area contributed by atoms with Crippen LogP contribution in [0.15, 0.2) is 118 Å². The van der Waals surface area contributed by atoms with Crippen molar-refractivity contribution in [2.75, 3.05) is 4.90 Å². The van der Waals surface area contributed by atoms with Crippen molar-refractivity contribution in [3.63, 3.8) is 0 Å². The molecule has 216 valence electrons. The third-order valence-corrected chi connectivity index (χ3v) is 10.4. The summed E-state index contributed by atoms with van der Waals surface area (Å²) in [5.41, 5.74) is 11.7. The molecule has 1 unspecified atom stereocenters. The van der Waals surface area contributed by atoms with Crippen molar-refractivity contribution < 1.29 is 8.83 Å². The minimum atomic E-state index is 0.0106. The molecule has 2 atom stereocenters. The molecule has 0 saturated heterocycles. The number of allylic oxidation sites excluding steroid dienone is 4. The van der Waals surface area contributed by atoms with E-state index < -0.39 is 0 Å². The molecule has 1 aliphatic heterocycles. The fraction of sp³-hybridized carbons (Fsp3) is 0.220. The molecule has 0 radical (unpaired) electrons. The van der Waals surface area contributed by atoms with Gasteiger partial charge in [0.2, 0.25) is 0 Å². The fourth-order valence-electron chi connectivity index (χ4n) is 8.16. The monoisotopic (exact) mass is 573 g/mol. The molecule has 0 spiro atoms. The number of fused-ring (bicyclic) bond motifs is 8. The van der Waals surface area contributed by atoms with Crippen molar-refractivity contribution in [1.82, 2.24) is 0 Å². The molecule has 0 N–H and O–H groups in total. The molecular weight excluding hydrogens is 538 g/mol. The van der Waals surface area contributed by atoms with E-state index in [0.29, 0.717) is 0 Å². The van der Waals surface area contributed by atoms with Crippen LogP contribution in [0.4, 0.5) is 11.4 Å². The van der Waals surface area contributed by atoms with Crippen molar-refractivity contribution in [3.05, 3.63) is 126 Å². The minimum absolute atomic E-state index is 0.0106. The van der Waals surface area contributed by atoms with Crippen LogP contribution in [0.25, 0.3) is 50.1 Å². The van der Waals surface area contributed by atoms with Crippen molar-refractivity contribution in [2.24, 2.45) is 0 Å². The number of anilines is 2. The van der Waals surface area contributed by atoms with Crippen LogP contribution in [0.2, 0.25) is 0 Å². The molecule has 2 aromatic heterocycles. The Hall–Kier alpha value is -4.76. The van der Waals surface area contributed by atoms with E-state index >= 15 is 0 Å². The predicted octanol–water partition coefficient (Wildman–Crippen LogP) is 11.4. The van der Waals surface area contributed by atoms with Gasteiger partial charge in [0.25, 0.3) is 0 Å². The van der Waals surface area contributed by atoms with Crippen LogP contribution in [0, 0.1) is 0 Å². The Balaban J connectivity index is 1.29. The van der Waals surface area contributed by atoms with E-state index in [1.807, 2.05) is 6.07 Å². The number of aryl methyl sites for hydroxylation is 1. The maximum Gasteiger partial charge on any atom is 0.147 e. The van der Waals surface area contributed by atoms with E-state index in [1.165, 1.54) is 28.1 Å². The number of hydrogen-bond donors (Lipinski definition) is 0. The lowest BCUT2D eigenvalue weighted by molar-refractivity contribution is 0.412. The Morgan fingerprint density at radius 1 is 0.841 bits per heavy atom. The maximum absolute atomic E-state index is 6.66. The van der Waals surface area contributed by atoms with Gasteiger partial charge < -0.3 is 13.7 Å². The number of benzene rings is 4. The summed E-state index contributed by atoms with van der Waals surface area (Å²) in [5.74, 6) is 1.07. The molecule has 3 aliphatic rings. The highest BCUT2D eigenvalue weighted by atomic mass is 16.3. The average molecular weight is 574 g/mol. The Labute approximate surface area is 257 Å². The summed E-state index contributed by atoms with van der Waals surface area (Å²) in [7, 11) is 0. The molecule has 6 aromatic rings. The van der Waals surface area contributed by atoms with Gasteiger partial charge >= 0.3 is 0 Å². The summed E-state index contributed by atoms with van der Waals surface area (Å²) in [6, 6.07) is 29.1. The molecule has 0 bridgehead atoms. The first-order chi connectivity index (χ1) is 21.7. The van der Waals surface area contributed by atoms with Crippen molar-refractivity contribution >= 4 is 50.4 Å². The molecule has 3 heteroatoms. The van der Waals surface area contributed by atoms with Crippen molar-refractivity contribution in [1.29, 1.82) is 0 Å². The average Bonchev–Trinajstić information content (AvgIpc) is 3.73. The van der Waals surface area contributed by atoms with E-state index in [4.69, 9.17) is 8.83 Å². The van der Waals surface area contributed by atoms with Crippen LogP contribution >= 0.6 is 0 Å². The van der Waals surface area contributed by atoms with Crippen LogP contribution < -0.4 is 4.90 Å². The van der Waals surface area contributed by atoms with Gasteiger partial charge in [0.05, 0.1) is 11.4 Å². The highest BCUT2D eigenvalue weighted by Crippen LogP contribution is 2.54. The third kappa shape index (κ3) is 3.56. The third-order valence-electron chi connectivity index (χ3n) is 10.4. The highest BCUT2D eigenvalue weighted by molar-refractivity contribution is 6.22. The van der Waals surface area contributed by atoms with Gasteiger partial charge in [-0.1, -0.05) is 92.8 Å². The van der Waals surface area contributed by atoms with E-state index in [1.54, 1.807) is 0 Å². The largest absolute Gasteiger partial charge is 0.460 e. The van der Waals surface area contributed by atoms with Gasteiger partial charge in [-0.05, 0) is 72.7 Å². The highest BCUT2D eigenvalue weighted by Gasteiger charge is 2.48. The SMILES string of the molecule is CC[C@]1(C)c2ccccc2N(c2cccc(-c3cc4c5c(oc4c4c3oc3ccccc34)CCC=C5)c2)C1C1=CC=CCC1. The zero-order valence-corrected chi connectivity index (χ0v) is 25.3. The first kappa shape index (κ1) is 25.7. The second-order valence-corrected chi connectivity index (χ2v) is 12.8. The molecule has 0 saturated carbocycles. The molecule has 3 nitrogen and oxygen atoms in total. The molecule has 2 aliphatic carbocycles. The van der Waals surface area contributed by atoms with Gasteiger partial charge in [0, 0.05) is 45.1 Å². The number of rotatable bonds is 4. The summed E-state index contributed by atoms with van der Waals surface area (Å²) >= 11 is 0. The predicted molar refractivity (Wildman–Crippen MR) is 183 cm³/mol. The van der Waals surface area contributed by atoms with E-state index in [2.05, 4.69) is 122 Å². The van der Waals surface area contributed by atoms with Gasteiger partial charge in [-0.3, -0.25) is 0 Å². The lowest BCUT2D eigenvalue weighted by atomic mass is 9.72. The van der Waals surface area contributed by atoms with Crippen LogP contribution in [0.1, 0.15) is 56.4 Å². The lowest BCUT2D eigenvalue weighted by Crippen LogP contribution is -2.42. The van der Waals surface area contributed by atoms with Gasteiger partial charge in [-0.2, -0.15) is 0 Å². The molecule has 0 amide bonds. The summed E-state index contributed by atoms with van der Waals surface area (Å²) in [4.78, 5) is 2.62. The van der Waals surface area contributed by atoms with Crippen LogP contribution in [0.3, 0.4) is 0 Å². The van der Waals surface area contributed by atoms with Gasteiger partial charge in [0.15, 0.2) is 0 Å². The fourth-order valence-corrected chi connectivity index (χ4v) is 8.16. The number of nitrogens with zero attached hydrogens (tertiary/aromatic N) is 1. The summed E-state index contributed by atoms with van der Waals surface area (Å²) in [5, 5.41) is 3.34. The first-order valence-corrected chi connectivity index (χ1v) is 16.1. The zero-order chi connectivity index (χ0) is 29.4.